The minimum atomic E-state index is -1.01. The minimum Gasteiger partial charge on any atom is -0.477 e. The van der Waals surface area contributed by atoms with Crippen LogP contribution in [-0.4, -0.2) is 35.3 Å². The van der Waals surface area contributed by atoms with Gasteiger partial charge < -0.3 is 15.2 Å². The second kappa shape index (κ2) is 5.82. The number of carboxylic acid groups (broad SMARTS) is 1. The van der Waals surface area contributed by atoms with E-state index in [1.54, 1.807) is 19.2 Å². The molecule has 0 spiro atoms. The molecule has 0 amide bonds. The zero-order chi connectivity index (χ0) is 13.0. The van der Waals surface area contributed by atoms with Crippen LogP contribution in [0.25, 0.3) is 0 Å². The van der Waals surface area contributed by atoms with Gasteiger partial charge in [-0.05, 0) is 25.0 Å². The van der Waals surface area contributed by atoms with Gasteiger partial charge >= 0.3 is 5.97 Å². The number of hydrogen-bond acceptors (Lipinski definition) is 4. The number of ether oxygens (including phenoxy) is 1. The van der Waals surface area contributed by atoms with Gasteiger partial charge in [0.05, 0.1) is 12.1 Å². The molecule has 1 aromatic rings. The van der Waals surface area contributed by atoms with Crippen molar-refractivity contribution >= 4 is 11.8 Å². The summed E-state index contributed by atoms with van der Waals surface area (Å²) in [5.74, 6) is -0.408. The molecule has 18 heavy (non-hydrogen) atoms. The van der Waals surface area contributed by atoms with E-state index in [0.717, 1.165) is 19.3 Å². The monoisotopic (exact) mass is 250 g/mol. The fraction of sp³-hybridized carbons (Fsp3) is 0.538. The van der Waals surface area contributed by atoms with Gasteiger partial charge in [0.2, 0.25) is 0 Å². The molecule has 98 valence electrons. The summed E-state index contributed by atoms with van der Waals surface area (Å²) in [7, 11) is 1.71. The molecule has 1 aliphatic carbocycles. The molecule has 1 fully saturated rings. The van der Waals surface area contributed by atoms with E-state index in [1.165, 1.54) is 12.5 Å². The third kappa shape index (κ3) is 2.98. The largest absolute Gasteiger partial charge is 0.477 e. The normalized spacial score (nSPS) is 23.6. The Hall–Kier alpha value is -1.62. The van der Waals surface area contributed by atoms with Crippen LogP contribution in [0, 0.1) is 0 Å². The lowest BCUT2D eigenvalue weighted by Gasteiger charge is -2.31. The van der Waals surface area contributed by atoms with Crippen LogP contribution in [0.1, 0.15) is 36.2 Å². The van der Waals surface area contributed by atoms with Gasteiger partial charge in [0, 0.05) is 7.11 Å². The summed E-state index contributed by atoms with van der Waals surface area (Å²) >= 11 is 0. The third-order valence-corrected chi connectivity index (χ3v) is 3.31. The van der Waals surface area contributed by atoms with Crippen LogP contribution in [0.5, 0.6) is 0 Å². The van der Waals surface area contributed by atoms with Crippen LogP contribution < -0.4 is 5.32 Å². The molecule has 1 heterocycles. The number of nitrogens with one attached hydrogen (secondary N) is 1. The molecule has 1 aliphatic rings. The molecule has 1 saturated carbocycles. The lowest BCUT2D eigenvalue weighted by atomic mass is 9.92. The highest BCUT2D eigenvalue weighted by molar-refractivity contribution is 5.85. The molecule has 0 radical (unpaired) electrons. The molecular formula is C13H18N2O3. The summed E-state index contributed by atoms with van der Waals surface area (Å²) in [6.45, 7) is 0. The van der Waals surface area contributed by atoms with Crippen molar-refractivity contribution in [2.24, 2.45) is 0 Å². The average molecular weight is 250 g/mol. The lowest BCUT2D eigenvalue weighted by Crippen LogP contribution is -2.38. The smallest absolute Gasteiger partial charge is 0.354 e. The second-order valence-electron chi connectivity index (χ2n) is 4.52. The number of carboxylic acids is 1. The molecule has 0 saturated heterocycles. The van der Waals surface area contributed by atoms with Crippen molar-refractivity contribution in [3.05, 3.63) is 23.9 Å². The summed E-state index contributed by atoms with van der Waals surface area (Å²) in [6, 6.07) is 5.18. The Balaban J connectivity index is 2.07. The number of pyridine rings is 1. The second-order valence-corrected chi connectivity index (χ2v) is 4.52. The first-order valence-electron chi connectivity index (χ1n) is 6.20. The number of aromatic nitrogens is 1. The Bertz CT molecular complexity index is 422. The van der Waals surface area contributed by atoms with Gasteiger partial charge in [-0.1, -0.05) is 18.9 Å². The summed E-state index contributed by atoms with van der Waals surface area (Å²) in [5, 5.41) is 12.2. The summed E-state index contributed by atoms with van der Waals surface area (Å²) in [5.41, 5.74) is 0.0600. The number of aromatic carboxylic acids is 1. The first-order valence-corrected chi connectivity index (χ1v) is 6.20. The molecule has 2 atom stereocenters. The SMILES string of the molecule is COC1CCCCC1Nc1cccc(C(=O)O)n1. The lowest BCUT2D eigenvalue weighted by molar-refractivity contribution is 0.0605. The molecule has 2 N–H and O–H groups in total. The number of carbonyl (C=O) groups is 1. The van der Waals surface area contributed by atoms with E-state index in [2.05, 4.69) is 10.3 Å². The maximum Gasteiger partial charge on any atom is 0.354 e. The Kier molecular flexibility index (Phi) is 4.15. The molecule has 1 aromatic heterocycles. The first kappa shape index (κ1) is 12.8. The summed E-state index contributed by atoms with van der Waals surface area (Å²) in [4.78, 5) is 14.9. The third-order valence-electron chi connectivity index (χ3n) is 3.31. The fourth-order valence-electron chi connectivity index (χ4n) is 2.37. The minimum absolute atomic E-state index is 0.0600. The molecular weight excluding hydrogens is 232 g/mol. The average Bonchev–Trinajstić information content (AvgIpc) is 2.39. The van der Waals surface area contributed by atoms with Crippen molar-refractivity contribution in [1.82, 2.24) is 4.98 Å². The van der Waals surface area contributed by atoms with Gasteiger partial charge in [0.15, 0.2) is 5.69 Å². The van der Waals surface area contributed by atoms with Crippen molar-refractivity contribution < 1.29 is 14.6 Å². The maximum atomic E-state index is 10.9. The van der Waals surface area contributed by atoms with E-state index in [9.17, 15) is 4.79 Å². The van der Waals surface area contributed by atoms with Gasteiger partial charge in [-0.15, -0.1) is 0 Å². The van der Waals surface area contributed by atoms with Crippen molar-refractivity contribution in [1.29, 1.82) is 0 Å². The summed E-state index contributed by atoms with van der Waals surface area (Å²) < 4.78 is 5.45. The highest BCUT2D eigenvalue weighted by Crippen LogP contribution is 2.23. The first-order chi connectivity index (χ1) is 8.70. The number of anilines is 1. The molecule has 2 rings (SSSR count). The van der Waals surface area contributed by atoms with E-state index >= 15 is 0 Å². The van der Waals surface area contributed by atoms with Crippen LogP contribution in [0.15, 0.2) is 18.2 Å². The van der Waals surface area contributed by atoms with Crippen LogP contribution in [0.2, 0.25) is 0 Å². The van der Waals surface area contributed by atoms with Crippen LogP contribution in [0.3, 0.4) is 0 Å². The highest BCUT2D eigenvalue weighted by Gasteiger charge is 2.25. The van der Waals surface area contributed by atoms with Crippen molar-refractivity contribution in [2.45, 2.75) is 37.8 Å². The predicted molar refractivity (Wildman–Crippen MR) is 67.9 cm³/mol. The summed E-state index contributed by atoms with van der Waals surface area (Å²) in [6.07, 6.45) is 4.58. The maximum absolute atomic E-state index is 10.9. The molecule has 0 aromatic carbocycles. The fourth-order valence-corrected chi connectivity index (χ4v) is 2.37. The standard InChI is InChI=1S/C13H18N2O3/c1-18-11-7-3-2-5-9(11)14-12-8-4-6-10(15-12)13(16)17/h4,6,8-9,11H,2-3,5,7H2,1H3,(H,14,15)(H,16,17). The Morgan fingerprint density at radius 3 is 2.94 bits per heavy atom. The van der Waals surface area contributed by atoms with E-state index in [-0.39, 0.29) is 17.8 Å². The Labute approximate surface area is 106 Å². The quantitative estimate of drug-likeness (QED) is 0.856. The molecule has 5 heteroatoms. The predicted octanol–water partition coefficient (Wildman–Crippen LogP) is 2.15. The van der Waals surface area contributed by atoms with Crippen molar-refractivity contribution in [3.8, 4) is 0 Å². The van der Waals surface area contributed by atoms with Crippen molar-refractivity contribution in [3.63, 3.8) is 0 Å². The zero-order valence-electron chi connectivity index (χ0n) is 10.4. The van der Waals surface area contributed by atoms with Crippen molar-refractivity contribution in [2.75, 3.05) is 12.4 Å². The van der Waals surface area contributed by atoms with Gasteiger partial charge in [-0.2, -0.15) is 0 Å². The molecule has 0 aliphatic heterocycles. The van der Waals surface area contributed by atoms with Gasteiger partial charge in [-0.25, -0.2) is 9.78 Å². The Morgan fingerprint density at radius 2 is 2.22 bits per heavy atom. The van der Waals surface area contributed by atoms with E-state index in [0.29, 0.717) is 5.82 Å². The van der Waals surface area contributed by atoms with E-state index < -0.39 is 5.97 Å². The van der Waals surface area contributed by atoms with E-state index in [4.69, 9.17) is 9.84 Å². The number of hydrogen-bond donors (Lipinski definition) is 2. The van der Waals surface area contributed by atoms with Crippen LogP contribution >= 0.6 is 0 Å². The molecule has 0 bridgehead atoms. The van der Waals surface area contributed by atoms with Gasteiger partial charge in [0.25, 0.3) is 0 Å². The molecule has 5 nitrogen and oxygen atoms in total. The van der Waals surface area contributed by atoms with Crippen LogP contribution in [-0.2, 0) is 4.74 Å². The topological polar surface area (TPSA) is 71.5 Å². The highest BCUT2D eigenvalue weighted by atomic mass is 16.5. The number of nitrogens with zero attached hydrogens (tertiary/aromatic N) is 1. The Morgan fingerprint density at radius 1 is 1.44 bits per heavy atom. The van der Waals surface area contributed by atoms with E-state index in [1.807, 2.05) is 0 Å². The number of rotatable bonds is 4. The van der Waals surface area contributed by atoms with Crippen LogP contribution in [0.4, 0.5) is 5.82 Å². The zero-order valence-corrected chi connectivity index (χ0v) is 10.4. The van der Waals surface area contributed by atoms with Gasteiger partial charge in [-0.3, -0.25) is 0 Å². The molecule has 2 unspecified atom stereocenters. The van der Waals surface area contributed by atoms with Gasteiger partial charge in [0.1, 0.15) is 5.82 Å². The number of methoxy groups -OCH3 is 1.